The van der Waals surface area contributed by atoms with Gasteiger partial charge in [-0.2, -0.15) is 0 Å². The lowest BCUT2D eigenvalue weighted by Crippen LogP contribution is -2.41. The average molecular weight is 378 g/mol. The van der Waals surface area contributed by atoms with Gasteiger partial charge in [0.25, 0.3) is 0 Å². The van der Waals surface area contributed by atoms with Crippen LogP contribution in [0.3, 0.4) is 0 Å². The molecule has 1 saturated carbocycles. The molecule has 0 bridgehead atoms. The molecule has 0 atom stereocenters. The van der Waals surface area contributed by atoms with Gasteiger partial charge in [0.15, 0.2) is 5.11 Å². The monoisotopic (exact) mass is 377 g/mol. The molecule has 4 heteroatoms. The summed E-state index contributed by atoms with van der Waals surface area (Å²) in [4.78, 5) is 2.41. The molecule has 3 nitrogen and oxygen atoms in total. The second kappa shape index (κ2) is 7.73. The van der Waals surface area contributed by atoms with E-state index in [9.17, 15) is 0 Å². The predicted molar refractivity (Wildman–Crippen MR) is 118 cm³/mol. The minimum Gasteiger partial charge on any atom is -0.350 e. The zero-order valence-electron chi connectivity index (χ0n) is 16.1. The summed E-state index contributed by atoms with van der Waals surface area (Å²) >= 11 is 5.89. The Bertz CT molecular complexity index is 953. The molecule has 1 aromatic heterocycles. The number of aromatic nitrogens is 1. The highest BCUT2D eigenvalue weighted by Crippen LogP contribution is 2.29. The lowest BCUT2D eigenvalue weighted by Gasteiger charge is -2.32. The van der Waals surface area contributed by atoms with Gasteiger partial charge in [0, 0.05) is 42.4 Å². The first-order valence-electron chi connectivity index (χ1n) is 9.79. The van der Waals surface area contributed by atoms with Crippen LogP contribution in [-0.4, -0.2) is 20.6 Å². The van der Waals surface area contributed by atoms with E-state index in [1.165, 1.54) is 47.7 Å². The molecule has 140 valence electrons. The largest absolute Gasteiger partial charge is 0.350 e. The van der Waals surface area contributed by atoms with E-state index in [4.69, 9.17) is 12.2 Å². The zero-order valence-corrected chi connectivity index (χ0v) is 16.9. The fourth-order valence-corrected chi connectivity index (χ4v) is 4.54. The van der Waals surface area contributed by atoms with Crippen molar-refractivity contribution in [3.8, 4) is 0 Å². The van der Waals surface area contributed by atoms with Gasteiger partial charge in [0.05, 0.1) is 0 Å². The summed E-state index contributed by atoms with van der Waals surface area (Å²) in [5.74, 6) is 0. The highest BCUT2D eigenvalue weighted by molar-refractivity contribution is 7.80. The van der Waals surface area contributed by atoms with Gasteiger partial charge in [-0.15, -0.1) is 0 Å². The van der Waals surface area contributed by atoms with Gasteiger partial charge in [0.1, 0.15) is 0 Å². The van der Waals surface area contributed by atoms with Gasteiger partial charge < -0.3 is 14.8 Å². The number of benzene rings is 2. The van der Waals surface area contributed by atoms with Crippen LogP contribution < -0.4 is 5.32 Å². The maximum atomic E-state index is 5.89. The third-order valence-electron chi connectivity index (χ3n) is 5.73. The van der Waals surface area contributed by atoms with Crippen LogP contribution in [0.1, 0.15) is 36.8 Å². The summed E-state index contributed by atoms with van der Waals surface area (Å²) in [5, 5.41) is 5.67. The second-order valence-electron chi connectivity index (χ2n) is 7.59. The predicted octanol–water partition coefficient (Wildman–Crippen LogP) is 5.63. The summed E-state index contributed by atoms with van der Waals surface area (Å²) in [7, 11) is 2.12. The molecule has 1 aliphatic carbocycles. The van der Waals surface area contributed by atoms with E-state index >= 15 is 0 Å². The Morgan fingerprint density at radius 2 is 1.81 bits per heavy atom. The Morgan fingerprint density at radius 3 is 2.59 bits per heavy atom. The third-order valence-corrected chi connectivity index (χ3v) is 6.07. The van der Waals surface area contributed by atoms with Gasteiger partial charge in [-0.25, -0.2) is 0 Å². The number of rotatable bonds is 4. The number of aryl methyl sites for hydroxylation is 2. The van der Waals surface area contributed by atoms with Gasteiger partial charge >= 0.3 is 0 Å². The molecule has 2 aromatic carbocycles. The number of nitrogens with zero attached hydrogens (tertiary/aromatic N) is 2. The van der Waals surface area contributed by atoms with Gasteiger partial charge in [-0.1, -0.05) is 49.2 Å². The summed E-state index contributed by atoms with van der Waals surface area (Å²) in [6.45, 7) is 2.97. The maximum absolute atomic E-state index is 5.89. The van der Waals surface area contributed by atoms with E-state index in [0.717, 1.165) is 17.3 Å². The van der Waals surface area contributed by atoms with Gasteiger partial charge in [-0.05, 0) is 55.2 Å². The van der Waals surface area contributed by atoms with Crippen molar-refractivity contribution < 1.29 is 0 Å². The van der Waals surface area contributed by atoms with Crippen molar-refractivity contribution in [1.29, 1.82) is 0 Å². The Morgan fingerprint density at radius 1 is 1.11 bits per heavy atom. The molecule has 4 rings (SSSR count). The van der Waals surface area contributed by atoms with Crippen LogP contribution in [0.4, 0.5) is 5.69 Å². The molecule has 3 aromatic rings. The van der Waals surface area contributed by atoms with Crippen molar-refractivity contribution in [3.05, 3.63) is 65.9 Å². The van der Waals surface area contributed by atoms with Crippen LogP contribution in [0.5, 0.6) is 0 Å². The highest BCUT2D eigenvalue weighted by Gasteiger charge is 2.26. The maximum Gasteiger partial charge on any atom is 0.173 e. The van der Waals surface area contributed by atoms with E-state index in [-0.39, 0.29) is 0 Å². The number of hydrogen-bond acceptors (Lipinski definition) is 1. The van der Waals surface area contributed by atoms with Gasteiger partial charge in [0.2, 0.25) is 0 Å². The summed E-state index contributed by atoms with van der Waals surface area (Å²) in [6, 6.07) is 17.5. The number of thiocarbonyl (C=S) groups is 1. The number of anilines is 1. The Kier molecular flexibility index (Phi) is 5.17. The van der Waals surface area contributed by atoms with Crippen molar-refractivity contribution in [2.24, 2.45) is 7.05 Å². The summed E-state index contributed by atoms with van der Waals surface area (Å²) in [6.07, 6.45) is 7.29. The van der Waals surface area contributed by atoms with E-state index in [2.05, 4.69) is 83.5 Å². The fraction of sp³-hybridized carbons (Fsp3) is 0.348. The minimum absolute atomic E-state index is 0.521. The molecule has 1 N–H and O–H groups in total. The van der Waals surface area contributed by atoms with Crippen LogP contribution in [-0.2, 0) is 13.6 Å². The number of fused-ring (bicyclic) bond motifs is 1. The summed E-state index contributed by atoms with van der Waals surface area (Å²) < 4.78 is 2.22. The first-order valence-corrected chi connectivity index (χ1v) is 10.2. The molecule has 0 aliphatic heterocycles. The highest BCUT2D eigenvalue weighted by atomic mass is 32.1. The number of hydrogen-bond donors (Lipinski definition) is 1. The molecule has 1 heterocycles. The standard InChI is InChI=1S/C23H27N3S/c1-17-9-3-7-13-21(17)24-23(27)26(19-10-4-5-11-19)16-18-15-25(2)22-14-8-6-12-20(18)22/h3,6-9,12-15,19H,4-5,10-11,16H2,1-2H3,(H,24,27). The topological polar surface area (TPSA) is 20.2 Å². The molecule has 0 saturated heterocycles. The molecule has 27 heavy (non-hydrogen) atoms. The van der Waals surface area contributed by atoms with Crippen molar-refractivity contribution in [2.45, 2.75) is 45.2 Å². The van der Waals surface area contributed by atoms with Crippen molar-refractivity contribution in [2.75, 3.05) is 5.32 Å². The molecule has 0 amide bonds. The van der Waals surface area contributed by atoms with Crippen molar-refractivity contribution >= 4 is 33.9 Å². The normalized spacial score (nSPS) is 14.6. The molecule has 0 unspecified atom stereocenters. The molecule has 0 radical (unpaired) electrons. The summed E-state index contributed by atoms with van der Waals surface area (Å²) in [5.41, 5.74) is 4.94. The first kappa shape index (κ1) is 18.1. The molecule has 0 spiro atoms. The van der Waals surface area contributed by atoms with Crippen LogP contribution in [0, 0.1) is 6.92 Å². The Labute approximate surface area is 167 Å². The Balaban J connectivity index is 1.63. The van der Waals surface area contributed by atoms with Crippen LogP contribution in [0.2, 0.25) is 0 Å². The third kappa shape index (κ3) is 3.72. The molecule has 1 aliphatic rings. The first-order chi connectivity index (χ1) is 13.1. The quantitative estimate of drug-likeness (QED) is 0.595. The fourth-order valence-electron chi connectivity index (χ4n) is 4.22. The lowest BCUT2D eigenvalue weighted by atomic mass is 10.1. The Hall–Kier alpha value is -2.33. The van der Waals surface area contributed by atoms with E-state index in [0.29, 0.717) is 6.04 Å². The van der Waals surface area contributed by atoms with E-state index in [1.807, 2.05) is 0 Å². The lowest BCUT2D eigenvalue weighted by molar-refractivity contribution is 0.313. The molecular weight excluding hydrogens is 350 g/mol. The van der Waals surface area contributed by atoms with Crippen molar-refractivity contribution in [3.63, 3.8) is 0 Å². The average Bonchev–Trinajstić information content (AvgIpc) is 3.30. The van der Waals surface area contributed by atoms with Gasteiger partial charge in [-0.3, -0.25) is 0 Å². The van der Waals surface area contributed by atoms with Crippen LogP contribution >= 0.6 is 12.2 Å². The molecule has 1 fully saturated rings. The molecular formula is C23H27N3S. The van der Waals surface area contributed by atoms with E-state index < -0.39 is 0 Å². The smallest absolute Gasteiger partial charge is 0.173 e. The van der Waals surface area contributed by atoms with E-state index in [1.54, 1.807) is 0 Å². The minimum atomic E-state index is 0.521. The van der Waals surface area contributed by atoms with Crippen LogP contribution in [0.15, 0.2) is 54.7 Å². The number of para-hydroxylation sites is 2. The van der Waals surface area contributed by atoms with Crippen molar-refractivity contribution in [1.82, 2.24) is 9.47 Å². The second-order valence-corrected chi connectivity index (χ2v) is 7.98. The zero-order chi connectivity index (χ0) is 18.8. The van der Waals surface area contributed by atoms with Crippen LogP contribution in [0.25, 0.3) is 10.9 Å². The SMILES string of the molecule is Cc1ccccc1NC(=S)N(Cc1cn(C)c2ccccc12)C1CCCC1. The number of nitrogens with one attached hydrogen (secondary N) is 1.